The fraction of sp³-hybridized carbons (Fsp3) is 0.650. The number of hydrogen-bond acceptors (Lipinski definition) is 3. The number of carbonyl (C=O) groups is 1. The van der Waals surface area contributed by atoms with E-state index in [0.717, 1.165) is 18.6 Å². The van der Waals surface area contributed by atoms with Crippen LogP contribution in [0, 0.1) is 0 Å². The van der Waals surface area contributed by atoms with Crippen LogP contribution in [0.5, 0.6) is 5.75 Å². The number of rotatable bonds is 8. The Bertz CT molecular complexity index is 532. The molecule has 4 heteroatoms. The van der Waals surface area contributed by atoms with Gasteiger partial charge in [-0.1, -0.05) is 39.8 Å². The lowest BCUT2D eigenvalue weighted by Crippen LogP contribution is -2.43. The van der Waals surface area contributed by atoms with Gasteiger partial charge in [-0.15, -0.1) is 0 Å². The monoisotopic (exact) mass is 350 g/mol. The van der Waals surface area contributed by atoms with E-state index < -0.39 is 8.32 Å². The first-order valence-corrected chi connectivity index (χ1v) is 11.9. The van der Waals surface area contributed by atoms with Crippen molar-refractivity contribution in [2.45, 2.75) is 77.9 Å². The summed E-state index contributed by atoms with van der Waals surface area (Å²) in [6, 6.07) is 8.43. The second kappa shape index (κ2) is 8.70. The molecule has 0 bridgehead atoms. The third-order valence-corrected chi connectivity index (χ3v) is 9.29. The van der Waals surface area contributed by atoms with E-state index in [1.165, 1.54) is 5.56 Å². The lowest BCUT2D eigenvalue weighted by molar-refractivity contribution is -0.143. The third kappa shape index (κ3) is 6.31. The highest BCUT2D eigenvalue weighted by molar-refractivity contribution is 6.74. The van der Waals surface area contributed by atoms with E-state index in [1.807, 2.05) is 6.92 Å². The van der Waals surface area contributed by atoms with Gasteiger partial charge in [0.25, 0.3) is 0 Å². The third-order valence-electron chi connectivity index (χ3n) is 4.93. The van der Waals surface area contributed by atoms with Crippen molar-refractivity contribution in [3.63, 3.8) is 0 Å². The van der Waals surface area contributed by atoms with Gasteiger partial charge in [-0.25, -0.2) is 0 Å². The Hall–Kier alpha value is -1.29. The molecule has 0 amide bonds. The standard InChI is InChI=1S/C20H34O3Si/c1-8-22-19(21)14-9-11-16(2)17-12-10-13-18(15-17)23-24(6,7)20(3,4)5/h10,12-13,15-16H,8-9,11,14H2,1-7H3. The topological polar surface area (TPSA) is 35.5 Å². The number of ether oxygens (including phenoxy) is 1. The quantitative estimate of drug-likeness (QED) is 0.432. The molecule has 1 aromatic rings. The smallest absolute Gasteiger partial charge is 0.305 e. The summed E-state index contributed by atoms with van der Waals surface area (Å²) in [5.41, 5.74) is 1.27. The zero-order chi connectivity index (χ0) is 18.4. The van der Waals surface area contributed by atoms with Gasteiger partial charge in [-0.05, 0) is 61.5 Å². The summed E-state index contributed by atoms with van der Waals surface area (Å²) in [5, 5.41) is 0.189. The average molecular weight is 351 g/mol. The first kappa shape index (κ1) is 20.8. The lowest BCUT2D eigenvalue weighted by atomic mass is 9.95. The molecule has 136 valence electrons. The molecule has 0 fully saturated rings. The molecule has 0 aliphatic rings. The minimum atomic E-state index is -1.81. The zero-order valence-corrected chi connectivity index (χ0v) is 17.4. The maximum absolute atomic E-state index is 11.4. The van der Waals surface area contributed by atoms with E-state index in [4.69, 9.17) is 9.16 Å². The highest BCUT2D eigenvalue weighted by Crippen LogP contribution is 2.38. The highest BCUT2D eigenvalue weighted by atomic mass is 28.4. The largest absolute Gasteiger partial charge is 0.543 e. The van der Waals surface area contributed by atoms with Crippen molar-refractivity contribution in [1.29, 1.82) is 0 Å². The van der Waals surface area contributed by atoms with Crippen molar-refractivity contribution in [3.8, 4) is 5.75 Å². The summed E-state index contributed by atoms with van der Waals surface area (Å²) >= 11 is 0. The molecule has 0 saturated carbocycles. The summed E-state index contributed by atoms with van der Waals surface area (Å²) in [6.45, 7) is 15.8. The van der Waals surface area contributed by atoms with Crippen LogP contribution in [0.1, 0.15) is 65.4 Å². The van der Waals surface area contributed by atoms with E-state index in [-0.39, 0.29) is 11.0 Å². The molecule has 1 rings (SSSR count). The Morgan fingerprint density at radius 2 is 1.92 bits per heavy atom. The zero-order valence-electron chi connectivity index (χ0n) is 16.4. The molecule has 0 saturated heterocycles. The normalized spacial score (nSPS) is 13.5. The van der Waals surface area contributed by atoms with Crippen molar-refractivity contribution in [2.75, 3.05) is 6.61 Å². The fourth-order valence-electron chi connectivity index (χ4n) is 2.28. The SMILES string of the molecule is CCOC(=O)CCCC(C)c1cccc(O[Si](C)(C)C(C)(C)C)c1. The van der Waals surface area contributed by atoms with Gasteiger partial charge in [0, 0.05) is 6.42 Å². The number of hydrogen-bond donors (Lipinski definition) is 0. The van der Waals surface area contributed by atoms with Crippen molar-refractivity contribution in [3.05, 3.63) is 29.8 Å². The summed E-state index contributed by atoms with van der Waals surface area (Å²) in [7, 11) is -1.81. The summed E-state index contributed by atoms with van der Waals surface area (Å²) in [6.07, 6.45) is 2.33. The van der Waals surface area contributed by atoms with Gasteiger partial charge >= 0.3 is 5.97 Å². The molecule has 0 aliphatic heterocycles. The van der Waals surface area contributed by atoms with Gasteiger partial charge in [-0.3, -0.25) is 4.79 Å². The summed E-state index contributed by atoms with van der Waals surface area (Å²) < 4.78 is 11.4. The molecule has 0 spiro atoms. The number of benzene rings is 1. The van der Waals surface area contributed by atoms with E-state index in [1.54, 1.807) is 0 Å². The lowest BCUT2D eigenvalue weighted by Gasteiger charge is -2.36. The van der Waals surface area contributed by atoms with E-state index in [2.05, 4.69) is 65.1 Å². The Balaban J connectivity index is 2.66. The first-order chi connectivity index (χ1) is 11.1. The van der Waals surface area contributed by atoms with Crippen LogP contribution in [0.4, 0.5) is 0 Å². The first-order valence-electron chi connectivity index (χ1n) is 9.01. The molecule has 0 radical (unpaired) electrons. The van der Waals surface area contributed by atoms with Crippen LogP contribution in [0.2, 0.25) is 18.1 Å². The number of esters is 1. The molecular formula is C20H34O3Si. The molecule has 0 N–H and O–H groups in total. The van der Waals surface area contributed by atoms with Gasteiger partial charge in [0.15, 0.2) is 0 Å². The molecule has 3 nitrogen and oxygen atoms in total. The molecule has 0 aliphatic carbocycles. The average Bonchev–Trinajstić information content (AvgIpc) is 2.46. The fourth-order valence-corrected chi connectivity index (χ4v) is 3.31. The van der Waals surface area contributed by atoms with Crippen LogP contribution in [-0.2, 0) is 9.53 Å². The van der Waals surface area contributed by atoms with Crippen LogP contribution in [0.15, 0.2) is 24.3 Å². The van der Waals surface area contributed by atoms with E-state index >= 15 is 0 Å². The van der Waals surface area contributed by atoms with Crippen LogP contribution < -0.4 is 4.43 Å². The molecule has 1 unspecified atom stereocenters. The van der Waals surface area contributed by atoms with Crippen molar-refractivity contribution in [1.82, 2.24) is 0 Å². The minimum absolute atomic E-state index is 0.0975. The van der Waals surface area contributed by atoms with Crippen LogP contribution in [0.3, 0.4) is 0 Å². The second-order valence-electron chi connectivity index (χ2n) is 8.03. The predicted molar refractivity (Wildman–Crippen MR) is 103 cm³/mol. The second-order valence-corrected chi connectivity index (χ2v) is 12.8. The van der Waals surface area contributed by atoms with Crippen molar-refractivity contribution < 1.29 is 14.0 Å². The maximum Gasteiger partial charge on any atom is 0.305 e. The van der Waals surface area contributed by atoms with Crippen molar-refractivity contribution in [2.24, 2.45) is 0 Å². The van der Waals surface area contributed by atoms with Crippen LogP contribution in [0.25, 0.3) is 0 Å². The Kier molecular flexibility index (Phi) is 7.52. The van der Waals surface area contributed by atoms with Crippen LogP contribution >= 0.6 is 0 Å². The molecule has 1 atom stereocenters. The van der Waals surface area contributed by atoms with Gasteiger partial charge in [0.2, 0.25) is 8.32 Å². The Labute approximate surface area is 148 Å². The molecule has 24 heavy (non-hydrogen) atoms. The molecule has 1 aromatic carbocycles. The van der Waals surface area contributed by atoms with Gasteiger partial charge < -0.3 is 9.16 Å². The summed E-state index contributed by atoms with van der Waals surface area (Å²) in [5.74, 6) is 1.28. The van der Waals surface area contributed by atoms with Crippen LogP contribution in [-0.4, -0.2) is 20.9 Å². The molecule has 0 heterocycles. The number of carbonyl (C=O) groups excluding carboxylic acids is 1. The Morgan fingerprint density at radius 3 is 2.50 bits per heavy atom. The van der Waals surface area contributed by atoms with Gasteiger partial charge in [0.1, 0.15) is 5.75 Å². The van der Waals surface area contributed by atoms with Gasteiger partial charge in [0.05, 0.1) is 6.61 Å². The Morgan fingerprint density at radius 1 is 1.25 bits per heavy atom. The van der Waals surface area contributed by atoms with E-state index in [0.29, 0.717) is 18.9 Å². The maximum atomic E-state index is 11.4. The molecular weight excluding hydrogens is 316 g/mol. The predicted octanol–water partition coefficient (Wildman–Crippen LogP) is 5.91. The van der Waals surface area contributed by atoms with Crippen molar-refractivity contribution >= 4 is 14.3 Å². The molecule has 0 aromatic heterocycles. The minimum Gasteiger partial charge on any atom is -0.543 e. The van der Waals surface area contributed by atoms with E-state index in [9.17, 15) is 4.79 Å². The van der Waals surface area contributed by atoms with Gasteiger partial charge in [-0.2, -0.15) is 0 Å². The summed E-state index contributed by atoms with van der Waals surface area (Å²) in [4.78, 5) is 11.4. The highest BCUT2D eigenvalue weighted by Gasteiger charge is 2.38.